The standard InChI is InChI=1S/C18H24N2O5S/c1-13-4-6-15(7-5-13)26(24,25)19-11-14-3-2-10-20(12-14)16(21)18(8-9-18)17(22)23/h4-7,14,19H,2-3,8-12H2,1H3,(H,22,23). The molecule has 1 saturated carbocycles. The van der Waals surface area contributed by atoms with E-state index in [9.17, 15) is 23.1 Å². The Balaban J connectivity index is 1.59. The van der Waals surface area contributed by atoms with E-state index in [1.54, 1.807) is 29.2 Å². The third-order valence-electron chi connectivity index (χ3n) is 5.27. The highest BCUT2D eigenvalue weighted by Gasteiger charge is 2.58. The molecule has 2 aliphatic rings. The van der Waals surface area contributed by atoms with E-state index in [1.165, 1.54) is 0 Å². The number of benzene rings is 1. The predicted molar refractivity (Wildman–Crippen MR) is 95.0 cm³/mol. The van der Waals surface area contributed by atoms with E-state index in [0.717, 1.165) is 18.4 Å². The van der Waals surface area contributed by atoms with Crippen LogP contribution in [0, 0.1) is 18.3 Å². The zero-order valence-electron chi connectivity index (χ0n) is 14.8. The van der Waals surface area contributed by atoms with Crippen molar-refractivity contribution in [3.8, 4) is 0 Å². The predicted octanol–water partition coefficient (Wildman–Crippen LogP) is 1.38. The van der Waals surface area contributed by atoms with Gasteiger partial charge in [-0.05, 0) is 50.7 Å². The Morgan fingerprint density at radius 2 is 1.92 bits per heavy atom. The highest BCUT2D eigenvalue weighted by molar-refractivity contribution is 7.89. The molecule has 1 atom stereocenters. The quantitative estimate of drug-likeness (QED) is 0.726. The van der Waals surface area contributed by atoms with E-state index >= 15 is 0 Å². The number of amides is 1. The number of carbonyl (C=O) groups excluding carboxylic acids is 1. The number of likely N-dealkylation sites (tertiary alicyclic amines) is 1. The molecule has 1 saturated heterocycles. The minimum Gasteiger partial charge on any atom is -0.480 e. The van der Waals surface area contributed by atoms with Crippen LogP contribution >= 0.6 is 0 Å². The number of hydrogen-bond acceptors (Lipinski definition) is 4. The summed E-state index contributed by atoms with van der Waals surface area (Å²) in [6.45, 7) is 3.06. The van der Waals surface area contributed by atoms with E-state index in [0.29, 0.717) is 25.9 Å². The summed E-state index contributed by atoms with van der Waals surface area (Å²) in [4.78, 5) is 25.7. The average Bonchev–Trinajstić information content (AvgIpc) is 3.42. The molecule has 1 heterocycles. The molecular formula is C18H24N2O5S. The molecule has 3 rings (SSSR count). The molecule has 7 nitrogen and oxygen atoms in total. The number of carboxylic acid groups (broad SMARTS) is 1. The van der Waals surface area contributed by atoms with Gasteiger partial charge in [-0.1, -0.05) is 17.7 Å². The summed E-state index contributed by atoms with van der Waals surface area (Å²) in [6, 6.07) is 6.63. The molecular weight excluding hydrogens is 356 g/mol. The molecule has 26 heavy (non-hydrogen) atoms. The first-order chi connectivity index (χ1) is 12.2. The maximum atomic E-state index is 12.5. The van der Waals surface area contributed by atoms with Gasteiger partial charge < -0.3 is 10.0 Å². The summed E-state index contributed by atoms with van der Waals surface area (Å²) in [7, 11) is -3.59. The summed E-state index contributed by atoms with van der Waals surface area (Å²) in [6.07, 6.45) is 2.34. The lowest BCUT2D eigenvalue weighted by Crippen LogP contribution is -2.48. The van der Waals surface area contributed by atoms with Crippen molar-refractivity contribution in [1.29, 1.82) is 0 Å². The smallest absolute Gasteiger partial charge is 0.319 e. The van der Waals surface area contributed by atoms with E-state index in [1.807, 2.05) is 6.92 Å². The van der Waals surface area contributed by atoms with Gasteiger partial charge in [-0.3, -0.25) is 9.59 Å². The molecule has 0 radical (unpaired) electrons. The van der Waals surface area contributed by atoms with E-state index in [-0.39, 0.29) is 23.3 Å². The van der Waals surface area contributed by atoms with Crippen molar-refractivity contribution in [2.45, 2.75) is 37.5 Å². The Hall–Kier alpha value is -1.93. The summed E-state index contributed by atoms with van der Waals surface area (Å²) in [5, 5.41) is 9.29. The van der Waals surface area contributed by atoms with Gasteiger partial charge in [-0.15, -0.1) is 0 Å². The zero-order valence-corrected chi connectivity index (χ0v) is 15.6. The third kappa shape index (κ3) is 3.76. The van der Waals surface area contributed by atoms with Crippen molar-refractivity contribution in [1.82, 2.24) is 9.62 Å². The van der Waals surface area contributed by atoms with Crippen LogP contribution in [0.2, 0.25) is 0 Å². The average molecular weight is 380 g/mol. The normalized spacial score (nSPS) is 22.0. The Labute approximate surface area is 153 Å². The first kappa shape index (κ1) is 18.8. The number of carboxylic acids is 1. The number of carbonyl (C=O) groups is 2. The first-order valence-electron chi connectivity index (χ1n) is 8.84. The fourth-order valence-electron chi connectivity index (χ4n) is 3.39. The molecule has 1 aromatic rings. The zero-order chi connectivity index (χ0) is 18.9. The summed E-state index contributed by atoms with van der Waals surface area (Å²) >= 11 is 0. The van der Waals surface area contributed by atoms with Crippen molar-refractivity contribution in [2.75, 3.05) is 19.6 Å². The van der Waals surface area contributed by atoms with Crippen molar-refractivity contribution >= 4 is 21.9 Å². The summed E-state index contributed by atoms with van der Waals surface area (Å²) in [5.74, 6) is -1.39. The Morgan fingerprint density at radius 3 is 2.50 bits per heavy atom. The first-order valence-corrected chi connectivity index (χ1v) is 10.3. The van der Waals surface area contributed by atoms with Gasteiger partial charge in [0.05, 0.1) is 4.90 Å². The van der Waals surface area contributed by atoms with Crippen LogP contribution in [0.3, 0.4) is 0 Å². The van der Waals surface area contributed by atoms with Crippen LogP contribution in [-0.2, 0) is 19.6 Å². The van der Waals surface area contributed by atoms with Crippen LogP contribution in [0.4, 0.5) is 0 Å². The lowest BCUT2D eigenvalue weighted by molar-refractivity contribution is -0.154. The van der Waals surface area contributed by atoms with Gasteiger partial charge in [0.2, 0.25) is 15.9 Å². The number of hydrogen-bond donors (Lipinski definition) is 2. The number of aliphatic carboxylic acids is 1. The minimum absolute atomic E-state index is 0.0162. The van der Waals surface area contributed by atoms with Crippen LogP contribution in [0.25, 0.3) is 0 Å². The molecule has 0 aromatic heterocycles. The lowest BCUT2D eigenvalue weighted by Gasteiger charge is -2.34. The number of rotatable bonds is 6. The molecule has 0 spiro atoms. The van der Waals surface area contributed by atoms with Gasteiger partial charge in [-0.2, -0.15) is 0 Å². The topological polar surface area (TPSA) is 104 Å². The number of aryl methyl sites for hydroxylation is 1. The Bertz CT molecular complexity index is 799. The summed E-state index contributed by atoms with van der Waals surface area (Å²) in [5.41, 5.74) is -0.249. The molecule has 1 aliphatic heterocycles. The van der Waals surface area contributed by atoms with Gasteiger partial charge in [0.25, 0.3) is 0 Å². The van der Waals surface area contributed by atoms with Crippen molar-refractivity contribution in [2.24, 2.45) is 11.3 Å². The maximum Gasteiger partial charge on any atom is 0.319 e. The van der Waals surface area contributed by atoms with E-state index in [4.69, 9.17) is 0 Å². The minimum atomic E-state index is -3.59. The van der Waals surface area contributed by atoms with Crippen LogP contribution < -0.4 is 4.72 Å². The van der Waals surface area contributed by atoms with Crippen LogP contribution in [-0.4, -0.2) is 49.9 Å². The monoisotopic (exact) mass is 380 g/mol. The molecule has 8 heteroatoms. The fourth-order valence-corrected chi connectivity index (χ4v) is 4.51. The highest BCUT2D eigenvalue weighted by atomic mass is 32.2. The van der Waals surface area contributed by atoms with Gasteiger partial charge in [0, 0.05) is 19.6 Å². The number of nitrogens with zero attached hydrogens (tertiary/aromatic N) is 1. The number of sulfonamides is 1. The SMILES string of the molecule is Cc1ccc(S(=O)(=O)NCC2CCCN(C(=O)C3(C(=O)O)CC3)C2)cc1. The second-order valence-corrected chi connectivity index (χ2v) is 9.08. The van der Waals surface area contributed by atoms with E-state index in [2.05, 4.69) is 4.72 Å². The van der Waals surface area contributed by atoms with Gasteiger partial charge >= 0.3 is 5.97 Å². The lowest BCUT2D eigenvalue weighted by atomic mass is 9.96. The maximum absolute atomic E-state index is 12.5. The van der Waals surface area contributed by atoms with Crippen molar-refractivity contribution < 1.29 is 23.1 Å². The molecule has 1 aromatic carbocycles. The molecule has 142 valence electrons. The third-order valence-corrected chi connectivity index (χ3v) is 6.71. The molecule has 0 bridgehead atoms. The molecule has 2 N–H and O–H groups in total. The van der Waals surface area contributed by atoms with Gasteiger partial charge in [-0.25, -0.2) is 13.1 Å². The van der Waals surface area contributed by atoms with Crippen LogP contribution in [0.15, 0.2) is 29.2 Å². The second-order valence-electron chi connectivity index (χ2n) is 7.31. The Morgan fingerprint density at radius 1 is 1.27 bits per heavy atom. The van der Waals surface area contributed by atoms with Crippen LogP contribution in [0.5, 0.6) is 0 Å². The van der Waals surface area contributed by atoms with Crippen molar-refractivity contribution in [3.63, 3.8) is 0 Å². The largest absolute Gasteiger partial charge is 0.480 e. The number of piperidine rings is 1. The molecule has 1 unspecified atom stereocenters. The van der Waals surface area contributed by atoms with Crippen molar-refractivity contribution in [3.05, 3.63) is 29.8 Å². The molecule has 2 fully saturated rings. The molecule has 1 amide bonds. The van der Waals surface area contributed by atoms with E-state index < -0.39 is 21.4 Å². The highest BCUT2D eigenvalue weighted by Crippen LogP contribution is 2.47. The number of nitrogens with one attached hydrogen (secondary N) is 1. The summed E-state index contributed by atoms with van der Waals surface area (Å²) < 4.78 is 27.4. The fraction of sp³-hybridized carbons (Fsp3) is 0.556. The second kappa shape index (κ2) is 7.00. The van der Waals surface area contributed by atoms with Gasteiger partial charge in [0.15, 0.2) is 0 Å². The molecule has 1 aliphatic carbocycles. The van der Waals surface area contributed by atoms with Crippen LogP contribution in [0.1, 0.15) is 31.2 Å². The van der Waals surface area contributed by atoms with Gasteiger partial charge in [0.1, 0.15) is 5.41 Å². The Kier molecular flexibility index (Phi) is 5.07.